The van der Waals surface area contributed by atoms with E-state index in [1.807, 2.05) is 0 Å². The Labute approximate surface area is 129 Å². The first-order valence-electron chi connectivity index (χ1n) is 8.71. The van der Waals surface area contributed by atoms with E-state index in [0.29, 0.717) is 11.4 Å². The summed E-state index contributed by atoms with van der Waals surface area (Å²) < 4.78 is 0. The summed E-state index contributed by atoms with van der Waals surface area (Å²) in [6.07, 6.45) is 13.8. The summed E-state index contributed by atoms with van der Waals surface area (Å²) in [5.41, 5.74) is 0.250. The molecule has 1 atom stereocenters. The lowest BCUT2D eigenvalue weighted by molar-refractivity contribution is -0.145. The number of rotatable bonds is 1. The second-order valence-corrected chi connectivity index (χ2v) is 7.67. The summed E-state index contributed by atoms with van der Waals surface area (Å²) >= 11 is 0. The van der Waals surface area contributed by atoms with E-state index in [-0.39, 0.29) is 5.41 Å². The molecule has 1 spiro atoms. The molecule has 2 saturated heterocycles. The summed E-state index contributed by atoms with van der Waals surface area (Å²) in [6.45, 7) is 5.32. The van der Waals surface area contributed by atoms with Crippen LogP contribution in [0.15, 0.2) is 12.2 Å². The van der Waals surface area contributed by atoms with Gasteiger partial charge in [-0.05, 0) is 58.5 Å². The Balaban J connectivity index is 1.63. The number of nitrogens with zero attached hydrogens (tertiary/aromatic N) is 2. The van der Waals surface area contributed by atoms with Crippen LogP contribution in [-0.2, 0) is 4.79 Å². The number of likely N-dealkylation sites (tertiary alicyclic amines) is 2. The Bertz CT molecular complexity index is 423. The maximum Gasteiger partial charge on any atom is 0.228 e. The van der Waals surface area contributed by atoms with Gasteiger partial charge < -0.3 is 9.80 Å². The lowest BCUT2D eigenvalue weighted by atomic mass is 9.75. The van der Waals surface area contributed by atoms with Crippen molar-refractivity contribution in [2.24, 2.45) is 5.41 Å². The predicted molar refractivity (Wildman–Crippen MR) is 86.1 cm³/mol. The first-order valence-corrected chi connectivity index (χ1v) is 8.71. The van der Waals surface area contributed by atoms with E-state index in [1.165, 1.54) is 38.6 Å². The van der Waals surface area contributed by atoms with Crippen molar-refractivity contribution in [2.45, 2.75) is 63.8 Å². The zero-order valence-electron chi connectivity index (χ0n) is 13.7. The van der Waals surface area contributed by atoms with Crippen molar-refractivity contribution in [2.75, 3.05) is 26.7 Å². The Morgan fingerprint density at radius 3 is 2.38 bits per heavy atom. The third-order valence-electron chi connectivity index (χ3n) is 6.29. The van der Waals surface area contributed by atoms with Gasteiger partial charge in [0.15, 0.2) is 0 Å². The molecule has 118 valence electrons. The number of carbonyl (C=O) groups excluding carboxylic acids is 1. The predicted octanol–water partition coefficient (Wildman–Crippen LogP) is 3.21. The number of hydrogen-bond donors (Lipinski definition) is 0. The summed E-state index contributed by atoms with van der Waals surface area (Å²) in [5.74, 6) is 0.403. The molecule has 2 aliphatic heterocycles. The highest BCUT2D eigenvalue weighted by atomic mass is 16.2. The first kappa shape index (κ1) is 15.1. The van der Waals surface area contributed by atoms with Crippen molar-refractivity contribution in [3.8, 4) is 0 Å². The topological polar surface area (TPSA) is 23.6 Å². The molecule has 2 heterocycles. The molecule has 3 nitrogen and oxygen atoms in total. The monoisotopic (exact) mass is 290 g/mol. The highest BCUT2D eigenvalue weighted by Gasteiger charge is 2.43. The van der Waals surface area contributed by atoms with E-state index in [0.717, 1.165) is 32.4 Å². The number of amides is 1. The van der Waals surface area contributed by atoms with Gasteiger partial charge in [-0.25, -0.2) is 0 Å². The van der Waals surface area contributed by atoms with Gasteiger partial charge in [-0.2, -0.15) is 0 Å². The van der Waals surface area contributed by atoms with Crippen molar-refractivity contribution < 1.29 is 4.79 Å². The Morgan fingerprint density at radius 1 is 1.00 bits per heavy atom. The molecule has 21 heavy (non-hydrogen) atoms. The first-order chi connectivity index (χ1) is 10.1. The number of hydrogen-bond acceptors (Lipinski definition) is 2. The molecule has 3 aliphatic rings. The van der Waals surface area contributed by atoms with Crippen LogP contribution in [0.25, 0.3) is 0 Å². The molecular formula is C18H30N2O. The third-order valence-corrected chi connectivity index (χ3v) is 6.29. The minimum atomic E-state index is -0.141. The van der Waals surface area contributed by atoms with Crippen LogP contribution in [0, 0.1) is 5.41 Å². The third kappa shape index (κ3) is 2.77. The molecule has 0 aromatic carbocycles. The molecular weight excluding hydrogens is 260 g/mol. The Kier molecular flexibility index (Phi) is 4.13. The molecule has 2 fully saturated rings. The fourth-order valence-corrected chi connectivity index (χ4v) is 4.53. The number of carbonyl (C=O) groups is 1. The van der Waals surface area contributed by atoms with Crippen molar-refractivity contribution in [1.82, 2.24) is 9.80 Å². The minimum Gasteiger partial charge on any atom is -0.342 e. The maximum absolute atomic E-state index is 12.9. The molecule has 3 rings (SSSR count). The van der Waals surface area contributed by atoms with Crippen molar-refractivity contribution >= 4 is 5.91 Å². The molecule has 1 amide bonds. The van der Waals surface area contributed by atoms with Gasteiger partial charge in [0.05, 0.1) is 5.41 Å². The highest BCUT2D eigenvalue weighted by Crippen LogP contribution is 2.39. The standard InChI is InChI=1S/C18H30N2O/c1-17(8-4-3-5-9-17)16(21)20-14-11-18(12-15-20)10-6-7-13-19(18)2/h3-4H,5-15H2,1-2H3. The molecule has 1 aliphatic carbocycles. The van der Waals surface area contributed by atoms with Gasteiger partial charge in [0.1, 0.15) is 0 Å². The van der Waals surface area contributed by atoms with Crippen molar-refractivity contribution in [3.63, 3.8) is 0 Å². The molecule has 0 radical (unpaired) electrons. The minimum absolute atomic E-state index is 0.141. The fourth-order valence-electron chi connectivity index (χ4n) is 4.53. The van der Waals surface area contributed by atoms with Crippen LogP contribution in [0.2, 0.25) is 0 Å². The van der Waals surface area contributed by atoms with Crippen LogP contribution in [0.4, 0.5) is 0 Å². The van der Waals surface area contributed by atoms with Crippen LogP contribution >= 0.6 is 0 Å². The molecule has 0 N–H and O–H groups in total. The maximum atomic E-state index is 12.9. The van der Waals surface area contributed by atoms with Crippen molar-refractivity contribution in [3.05, 3.63) is 12.2 Å². The van der Waals surface area contributed by atoms with Crippen molar-refractivity contribution in [1.29, 1.82) is 0 Å². The number of piperidine rings is 2. The summed E-state index contributed by atoms with van der Waals surface area (Å²) in [4.78, 5) is 17.6. The van der Waals surface area contributed by atoms with Gasteiger partial charge in [-0.15, -0.1) is 0 Å². The normalized spacial score (nSPS) is 33.3. The quantitative estimate of drug-likeness (QED) is 0.692. The van der Waals surface area contributed by atoms with E-state index < -0.39 is 0 Å². The largest absolute Gasteiger partial charge is 0.342 e. The van der Waals surface area contributed by atoms with Gasteiger partial charge in [0.25, 0.3) is 0 Å². The second-order valence-electron chi connectivity index (χ2n) is 7.67. The Hall–Kier alpha value is -0.830. The van der Waals surface area contributed by atoms with Gasteiger partial charge in [-0.1, -0.05) is 25.5 Å². The van der Waals surface area contributed by atoms with E-state index in [4.69, 9.17) is 0 Å². The van der Waals surface area contributed by atoms with Gasteiger partial charge in [0, 0.05) is 18.6 Å². The lowest BCUT2D eigenvalue weighted by Gasteiger charge is -2.51. The smallest absolute Gasteiger partial charge is 0.228 e. The van der Waals surface area contributed by atoms with Crippen LogP contribution in [-0.4, -0.2) is 47.9 Å². The fraction of sp³-hybridized carbons (Fsp3) is 0.833. The molecule has 0 bridgehead atoms. The molecule has 0 saturated carbocycles. The molecule has 0 aromatic rings. The van der Waals surface area contributed by atoms with Crippen LogP contribution in [0.5, 0.6) is 0 Å². The Morgan fingerprint density at radius 2 is 1.76 bits per heavy atom. The molecule has 0 aromatic heterocycles. The van der Waals surface area contributed by atoms with Crippen LogP contribution < -0.4 is 0 Å². The van der Waals surface area contributed by atoms with Gasteiger partial charge >= 0.3 is 0 Å². The highest BCUT2D eigenvalue weighted by molar-refractivity contribution is 5.82. The number of allylic oxidation sites excluding steroid dienone is 2. The zero-order valence-corrected chi connectivity index (χ0v) is 13.7. The SMILES string of the molecule is CN1CCCCC12CCN(C(=O)C1(C)CC=CCC1)CC2. The summed E-state index contributed by atoms with van der Waals surface area (Å²) in [5, 5.41) is 0. The van der Waals surface area contributed by atoms with E-state index in [9.17, 15) is 4.79 Å². The van der Waals surface area contributed by atoms with E-state index >= 15 is 0 Å². The van der Waals surface area contributed by atoms with Crippen LogP contribution in [0.3, 0.4) is 0 Å². The average molecular weight is 290 g/mol. The lowest BCUT2D eigenvalue weighted by Crippen LogP contribution is -2.58. The van der Waals surface area contributed by atoms with E-state index in [1.54, 1.807) is 0 Å². The summed E-state index contributed by atoms with van der Waals surface area (Å²) in [7, 11) is 2.28. The van der Waals surface area contributed by atoms with Crippen LogP contribution in [0.1, 0.15) is 58.3 Å². The average Bonchev–Trinajstić information content (AvgIpc) is 2.51. The van der Waals surface area contributed by atoms with Gasteiger partial charge in [-0.3, -0.25) is 4.79 Å². The molecule has 3 heteroatoms. The molecule has 1 unspecified atom stereocenters. The zero-order chi connectivity index (χ0) is 14.9. The second kappa shape index (κ2) is 5.75. The van der Waals surface area contributed by atoms with Gasteiger partial charge in [0.2, 0.25) is 5.91 Å². The van der Waals surface area contributed by atoms with E-state index in [2.05, 4.69) is 35.9 Å². The summed E-state index contributed by atoms with van der Waals surface area (Å²) in [6, 6.07) is 0.